The number of urea groups is 2. The molecule has 0 saturated heterocycles. The Labute approximate surface area is 350 Å². The predicted octanol–water partition coefficient (Wildman–Crippen LogP) is 12.8. The van der Waals surface area contributed by atoms with Crippen LogP contribution >= 0.6 is 0 Å². The molecule has 0 aliphatic heterocycles. The number of carbonyl (C=O) groups is 2. The van der Waals surface area contributed by atoms with E-state index in [2.05, 4.69) is 83.0 Å². The van der Waals surface area contributed by atoms with Gasteiger partial charge in [-0.05, 0) is 93.7 Å². The molecule has 324 valence electrons. The molecule has 0 saturated carbocycles. The van der Waals surface area contributed by atoms with Gasteiger partial charge in [-0.3, -0.25) is 0 Å². The topological polar surface area (TPSA) is 88.7 Å². The Kier molecular flexibility index (Phi) is 30.6. The van der Waals surface area contributed by atoms with Gasteiger partial charge >= 0.3 is 12.1 Å². The molecule has 4 N–H and O–H groups in total. The second-order valence-electron chi connectivity index (χ2n) is 16.4. The number of anilines is 2. The number of carbonyl (C=O) groups excluding carboxylic acids is 2. The SMILES string of the molecule is CCCCCCCCN(CCCCCCC)CCNC(=O)Nc1ccc(Cc2ccc(NC(=O)NCCN(CCCCCCC)CCCCCCCC)cc2)cc1. The smallest absolute Gasteiger partial charge is 0.319 e. The molecule has 2 aromatic carbocycles. The molecule has 0 aliphatic rings. The fourth-order valence-electron chi connectivity index (χ4n) is 7.43. The molecule has 0 radical (unpaired) electrons. The van der Waals surface area contributed by atoms with Crippen LogP contribution in [-0.4, -0.2) is 74.2 Å². The maximum atomic E-state index is 12.7. The van der Waals surface area contributed by atoms with Crippen LogP contribution in [0.1, 0.15) is 180 Å². The highest BCUT2D eigenvalue weighted by Crippen LogP contribution is 2.17. The summed E-state index contributed by atoms with van der Waals surface area (Å²) in [5.41, 5.74) is 3.91. The first-order valence-corrected chi connectivity index (χ1v) is 23.7. The predicted molar refractivity (Wildman–Crippen MR) is 247 cm³/mol. The van der Waals surface area contributed by atoms with E-state index in [1.54, 1.807) is 0 Å². The van der Waals surface area contributed by atoms with Gasteiger partial charge in [-0.1, -0.05) is 168 Å². The monoisotopic (exact) mass is 791 g/mol. The van der Waals surface area contributed by atoms with E-state index in [0.717, 1.165) is 57.1 Å². The minimum absolute atomic E-state index is 0.152. The average molecular weight is 791 g/mol. The summed E-state index contributed by atoms with van der Waals surface area (Å²) in [5, 5.41) is 12.2. The first-order valence-electron chi connectivity index (χ1n) is 23.7. The van der Waals surface area contributed by atoms with Gasteiger partial charge in [0.15, 0.2) is 0 Å². The fraction of sp³-hybridized carbons (Fsp3) is 0.714. The highest BCUT2D eigenvalue weighted by Gasteiger charge is 2.09. The molecule has 2 aromatic rings. The Morgan fingerprint density at radius 1 is 0.386 bits per heavy atom. The molecule has 0 spiro atoms. The number of unbranched alkanes of at least 4 members (excludes halogenated alkanes) is 18. The zero-order valence-electron chi connectivity index (χ0n) is 37.3. The molecule has 0 atom stereocenters. The van der Waals surface area contributed by atoms with Crippen molar-refractivity contribution in [3.8, 4) is 0 Å². The van der Waals surface area contributed by atoms with Crippen LogP contribution in [0, 0.1) is 0 Å². The van der Waals surface area contributed by atoms with Crippen molar-refractivity contribution in [2.75, 3.05) is 63.0 Å². The van der Waals surface area contributed by atoms with E-state index in [0.29, 0.717) is 13.1 Å². The van der Waals surface area contributed by atoms with Crippen molar-refractivity contribution in [2.24, 2.45) is 0 Å². The third-order valence-corrected chi connectivity index (χ3v) is 11.1. The van der Waals surface area contributed by atoms with Crippen molar-refractivity contribution in [2.45, 2.75) is 175 Å². The summed E-state index contributed by atoms with van der Waals surface area (Å²) in [4.78, 5) is 30.5. The molecule has 57 heavy (non-hydrogen) atoms. The first-order chi connectivity index (χ1) is 28.0. The zero-order chi connectivity index (χ0) is 41.0. The van der Waals surface area contributed by atoms with Crippen LogP contribution in [0.25, 0.3) is 0 Å². The standard InChI is InChI=1S/C49H86N6O2/c1-5-9-13-17-21-25-39-54(37-23-19-15-11-7-3)41-35-50-48(56)52-46-31-27-44(28-32-46)43-45-29-33-47(34-30-45)53-49(57)51-36-42-55(38-24-20-16-12-8-4)40-26-22-18-14-10-6-2/h27-34H,5-26,35-43H2,1-4H3,(H2,50,52,56)(H2,51,53,57). The van der Waals surface area contributed by atoms with Gasteiger partial charge in [0.05, 0.1) is 0 Å². The Balaban J connectivity index is 1.72. The lowest BCUT2D eigenvalue weighted by atomic mass is 10.0. The Morgan fingerprint density at radius 2 is 0.667 bits per heavy atom. The summed E-state index contributed by atoms with van der Waals surface area (Å²) in [6, 6.07) is 15.8. The fourth-order valence-corrected chi connectivity index (χ4v) is 7.43. The Bertz CT molecular complexity index is 1140. The van der Waals surface area contributed by atoms with Crippen LogP contribution in [0.2, 0.25) is 0 Å². The summed E-state index contributed by atoms with van der Waals surface area (Å²) < 4.78 is 0. The summed E-state index contributed by atoms with van der Waals surface area (Å²) in [5.74, 6) is 0. The maximum absolute atomic E-state index is 12.7. The van der Waals surface area contributed by atoms with Crippen LogP contribution in [-0.2, 0) is 6.42 Å². The zero-order valence-corrected chi connectivity index (χ0v) is 37.3. The quantitative estimate of drug-likeness (QED) is 0.0518. The molecule has 0 fully saturated rings. The third kappa shape index (κ3) is 27.3. The molecule has 4 amide bonds. The van der Waals surface area contributed by atoms with Crippen molar-refractivity contribution >= 4 is 23.4 Å². The minimum Gasteiger partial charge on any atom is -0.337 e. The number of nitrogens with zero attached hydrogens (tertiary/aromatic N) is 2. The van der Waals surface area contributed by atoms with Crippen LogP contribution in [0.5, 0.6) is 0 Å². The highest BCUT2D eigenvalue weighted by atomic mass is 16.2. The molecule has 0 aliphatic carbocycles. The second-order valence-corrected chi connectivity index (χ2v) is 16.4. The summed E-state index contributed by atoms with van der Waals surface area (Å²) in [6.45, 7) is 16.6. The molecular formula is C49H86N6O2. The largest absolute Gasteiger partial charge is 0.337 e. The van der Waals surface area contributed by atoms with Crippen molar-refractivity contribution in [1.29, 1.82) is 0 Å². The van der Waals surface area contributed by atoms with Crippen molar-refractivity contribution in [1.82, 2.24) is 20.4 Å². The summed E-state index contributed by atoms with van der Waals surface area (Å²) >= 11 is 0. The van der Waals surface area contributed by atoms with Gasteiger partial charge in [0, 0.05) is 37.6 Å². The van der Waals surface area contributed by atoms with Crippen LogP contribution in [0.15, 0.2) is 48.5 Å². The van der Waals surface area contributed by atoms with Crippen LogP contribution in [0.3, 0.4) is 0 Å². The number of hydrogen-bond donors (Lipinski definition) is 4. The summed E-state index contributed by atoms with van der Waals surface area (Å²) in [6.07, 6.45) is 29.4. The number of amides is 4. The highest BCUT2D eigenvalue weighted by molar-refractivity contribution is 5.89. The van der Waals surface area contributed by atoms with Crippen molar-refractivity contribution in [3.63, 3.8) is 0 Å². The average Bonchev–Trinajstić information content (AvgIpc) is 3.21. The molecule has 2 rings (SSSR count). The van der Waals surface area contributed by atoms with E-state index in [4.69, 9.17) is 0 Å². The molecule has 0 bridgehead atoms. The van der Waals surface area contributed by atoms with Gasteiger partial charge in [0.1, 0.15) is 0 Å². The van der Waals surface area contributed by atoms with Gasteiger partial charge in [0.2, 0.25) is 0 Å². The summed E-state index contributed by atoms with van der Waals surface area (Å²) in [7, 11) is 0. The van der Waals surface area contributed by atoms with E-state index in [1.165, 1.54) is 152 Å². The maximum Gasteiger partial charge on any atom is 0.319 e. The molecule has 0 aromatic heterocycles. The molecular weight excluding hydrogens is 705 g/mol. The second kappa shape index (κ2) is 34.9. The van der Waals surface area contributed by atoms with E-state index >= 15 is 0 Å². The lowest BCUT2D eigenvalue weighted by Gasteiger charge is -2.22. The Morgan fingerprint density at radius 3 is 0.965 bits per heavy atom. The molecule has 0 heterocycles. The third-order valence-electron chi connectivity index (χ3n) is 11.1. The van der Waals surface area contributed by atoms with Crippen LogP contribution in [0.4, 0.5) is 21.0 Å². The van der Waals surface area contributed by atoms with Gasteiger partial charge in [-0.2, -0.15) is 0 Å². The van der Waals surface area contributed by atoms with Gasteiger partial charge in [0.25, 0.3) is 0 Å². The Hall–Kier alpha value is -3.10. The lowest BCUT2D eigenvalue weighted by Crippen LogP contribution is -2.37. The molecule has 0 unspecified atom stereocenters. The number of hydrogen-bond acceptors (Lipinski definition) is 4. The number of benzene rings is 2. The van der Waals surface area contributed by atoms with E-state index in [1.807, 2.05) is 24.3 Å². The van der Waals surface area contributed by atoms with Gasteiger partial charge in [-0.15, -0.1) is 0 Å². The number of nitrogens with one attached hydrogen (secondary N) is 4. The number of rotatable bonds is 36. The van der Waals surface area contributed by atoms with Gasteiger partial charge < -0.3 is 31.1 Å². The van der Waals surface area contributed by atoms with Crippen LogP contribution < -0.4 is 21.3 Å². The first kappa shape index (κ1) is 50.0. The molecule has 8 nitrogen and oxygen atoms in total. The normalized spacial score (nSPS) is 11.3. The molecule has 8 heteroatoms. The van der Waals surface area contributed by atoms with Gasteiger partial charge in [-0.25, -0.2) is 9.59 Å². The van der Waals surface area contributed by atoms with Crippen molar-refractivity contribution in [3.05, 3.63) is 59.7 Å². The minimum atomic E-state index is -0.152. The van der Waals surface area contributed by atoms with Crippen molar-refractivity contribution < 1.29 is 9.59 Å². The van der Waals surface area contributed by atoms with E-state index in [9.17, 15) is 9.59 Å². The lowest BCUT2D eigenvalue weighted by molar-refractivity contribution is 0.241. The van der Waals surface area contributed by atoms with E-state index in [-0.39, 0.29) is 12.1 Å². The van der Waals surface area contributed by atoms with E-state index < -0.39 is 0 Å².